The third-order valence-corrected chi connectivity index (χ3v) is 4.20. The van der Waals surface area contributed by atoms with E-state index in [1.54, 1.807) is 0 Å². The second-order valence-electron chi connectivity index (χ2n) is 5.59. The maximum atomic E-state index is 12.8. The Bertz CT molecular complexity index is 688. The Kier molecular flexibility index (Phi) is 3.09. The minimum atomic E-state index is 0.121. The lowest BCUT2D eigenvalue weighted by molar-refractivity contribution is 0.0988. The zero-order valence-electron chi connectivity index (χ0n) is 12.2. The van der Waals surface area contributed by atoms with E-state index in [0.717, 1.165) is 29.8 Å². The minimum Gasteiger partial charge on any atom is -0.308 e. The van der Waals surface area contributed by atoms with E-state index in [4.69, 9.17) is 0 Å². The first kappa shape index (κ1) is 12.9. The van der Waals surface area contributed by atoms with Crippen molar-refractivity contribution in [3.05, 3.63) is 64.2 Å². The summed E-state index contributed by atoms with van der Waals surface area (Å²) in [4.78, 5) is 14.7. The second kappa shape index (κ2) is 4.78. The summed E-state index contributed by atoms with van der Waals surface area (Å²) in [5.74, 6) is 0.121. The first-order valence-electron chi connectivity index (χ1n) is 7.05. The second-order valence-corrected chi connectivity index (χ2v) is 5.59. The van der Waals surface area contributed by atoms with Crippen molar-refractivity contribution in [1.82, 2.24) is 0 Å². The van der Waals surface area contributed by atoms with Crippen molar-refractivity contribution in [3.63, 3.8) is 0 Å². The van der Waals surface area contributed by atoms with Crippen molar-refractivity contribution < 1.29 is 4.79 Å². The fourth-order valence-electron chi connectivity index (χ4n) is 2.89. The van der Waals surface area contributed by atoms with Crippen LogP contribution in [0.15, 0.2) is 36.4 Å². The molecule has 0 unspecified atom stereocenters. The SMILES string of the molecule is Cc1cc(C)c(C(=O)N2CCc3ccccc32)cc1C. The molecular formula is C18H19NO. The summed E-state index contributed by atoms with van der Waals surface area (Å²) in [6.45, 7) is 6.94. The Morgan fingerprint density at radius 3 is 2.50 bits per heavy atom. The van der Waals surface area contributed by atoms with E-state index in [2.05, 4.69) is 26.0 Å². The predicted octanol–water partition coefficient (Wildman–Crippen LogP) is 3.81. The maximum Gasteiger partial charge on any atom is 0.258 e. The monoisotopic (exact) mass is 265 g/mol. The Morgan fingerprint density at radius 1 is 1.00 bits per heavy atom. The van der Waals surface area contributed by atoms with Crippen LogP contribution in [0.2, 0.25) is 0 Å². The van der Waals surface area contributed by atoms with Crippen LogP contribution in [-0.2, 0) is 6.42 Å². The number of anilines is 1. The number of fused-ring (bicyclic) bond motifs is 1. The molecule has 1 aliphatic heterocycles. The zero-order chi connectivity index (χ0) is 14.3. The normalized spacial score (nSPS) is 13.4. The molecule has 1 heterocycles. The van der Waals surface area contributed by atoms with Gasteiger partial charge >= 0.3 is 0 Å². The lowest BCUT2D eigenvalue weighted by Gasteiger charge is -2.19. The van der Waals surface area contributed by atoms with Gasteiger partial charge in [-0.25, -0.2) is 0 Å². The van der Waals surface area contributed by atoms with Crippen LogP contribution in [0, 0.1) is 20.8 Å². The number of nitrogens with zero attached hydrogens (tertiary/aromatic N) is 1. The van der Waals surface area contributed by atoms with E-state index in [9.17, 15) is 4.79 Å². The van der Waals surface area contributed by atoms with E-state index >= 15 is 0 Å². The molecule has 102 valence electrons. The molecule has 3 rings (SSSR count). The van der Waals surface area contributed by atoms with Gasteiger partial charge in [-0.3, -0.25) is 4.79 Å². The van der Waals surface area contributed by atoms with Crippen molar-refractivity contribution in [3.8, 4) is 0 Å². The van der Waals surface area contributed by atoms with E-state index < -0.39 is 0 Å². The quantitative estimate of drug-likeness (QED) is 0.767. The van der Waals surface area contributed by atoms with Crippen LogP contribution >= 0.6 is 0 Å². The highest BCUT2D eigenvalue weighted by molar-refractivity contribution is 6.08. The fourth-order valence-corrected chi connectivity index (χ4v) is 2.89. The van der Waals surface area contributed by atoms with Crippen molar-refractivity contribution in [2.24, 2.45) is 0 Å². The first-order valence-corrected chi connectivity index (χ1v) is 7.05. The van der Waals surface area contributed by atoms with Gasteiger partial charge in [0.05, 0.1) is 0 Å². The molecule has 1 amide bonds. The molecule has 1 aliphatic rings. The molecule has 0 aliphatic carbocycles. The van der Waals surface area contributed by atoms with E-state index in [0.29, 0.717) is 0 Å². The van der Waals surface area contributed by atoms with Crippen LogP contribution in [0.1, 0.15) is 32.6 Å². The van der Waals surface area contributed by atoms with Crippen molar-refractivity contribution in [2.75, 3.05) is 11.4 Å². The molecule has 0 saturated carbocycles. The average Bonchev–Trinajstić information content (AvgIpc) is 2.86. The number of hydrogen-bond donors (Lipinski definition) is 0. The van der Waals surface area contributed by atoms with E-state index in [-0.39, 0.29) is 5.91 Å². The number of amides is 1. The van der Waals surface area contributed by atoms with Crippen LogP contribution in [-0.4, -0.2) is 12.5 Å². The molecule has 0 radical (unpaired) electrons. The molecule has 2 aromatic rings. The van der Waals surface area contributed by atoms with E-state index in [1.165, 1.54) is 16.7 Å². The molecule has 0 atom stereocenters. The number of carbonyl (C=O) groups is 1. The molecule has 2 nitrogen and oxygen atoms in total. The summed E-state index contributed by atoms with van der Waals surface area (Å²) in [7, 11) is 0. The zero-order valence-corrected chi connectivity index (χ0v) is 12.2. The smallest absolute Gasteiger partial charge is 0.258 e. The van der Waals surface area contributed by atoms with Gasteiger partial charge in [-0.15, -0.1) is 0 Å². The Balaban J connectivity index is 2.01. The Morgan fingerprint density at radius 2 is 1.70 bits per heavy atom. The maximum absolute atomic E-state index is 12.8. The van der Waals surface area contributed by atoms with Crippen LogP contribution in [0.25, 0.3) is 0 Å². The van der Waals surface area contributed by atoms with E-state index in [1.807, 2.05) is 36.1 Å². The molecule has 0 aromatic heterocycles. The lowest BCUT2D eigenvalue weighted by atomic mass is 10.00. The van der Waals surface area contributed by atoms with Gasteiger partial charge in [0.2, 0.25) is 0 Å². The van der Waals surface area contributed by atoms with Gasteiger partial charge in [0.15, 0.2) is 0 Å². The predicted molar refractivity (Wildman–Crippen MR) is 82.5 cm³/mol. The van der Waals surface area contributed by atoms with Gasteiger partial charge in [0, 0.05) is 17.8 Å². The van der Waals surface area contributed by atoms with Gasteiger partial charge in [-0.05, 0) is 61.6 Å². The summed E-state index contributed by atoms with van der Waals surface area (Å²) < 4.78 is 0. The summed E-state index contributed by atoms with van der Waals surface area (Å²) >= 11 is 0. The number of benzene rings is 2. The molecule has 0 fully saturated rings. The molecule has 0 bridgehead atoms. The molecular weight excluding hydrogens is 246 g/mol. The summed E-state index contributed by atoms with van der Waals surface area (Å²) in [6.07, 6.45) is 0.950. The van der Waals surface area contributed by atoms with Gasteiger partial charge in [0.25, 0.3) is 5.91 Å². The highest BCUT2D eigenvalue weighted by atomic mass is 16.2. The van der Waals surface area contributed by atoms with Crippen LogP contribution in [0.4, 0.5) is 5.69 Å². The highest BCUT2D eigenvalue weighted by Crippen LogP contribution is 2.29. The van der Waals surface area contributed by atoms with Gasteiger partial charge in [-0.1, -0.05) is 24.3 Å². The van der Waals surface area contributed by atoms with Crippen LogP contribution < -0.4 is 4.90 Å². The fraction of sp³-hybridized carbons (Fsp3) is 0.278. The van der Waals surface area contributed by atoms with Crippen molar-refractivity contribution in [2.45, 2.75) is 27.2 Å². The third-order valence-electron chi connectivity index (χ3n) is 4.20. The largest absolute Gasteiger partial charge is 0.308 e. The molecule has 2 aromatic carbocycles. The molecule has 0 N–H and O–H groups in total. The summed E-state index contributed by atoms with van der Waals surface area (Å²) in [6, 6.07) is 12.3. The molecule has 20 heavy (non-hydrogen) atoms. The Labute approximate surface area is 120 Å². The molecule has 0 spiro atoms. The third kappa shape index (κ3) is 2.01. The number of para-hydroxylation sites is 1. The number of carbonyl (C=O) groups excluding carboxylic acids is 1. The minimum absolute atomic E-state index is 0.121. The number of aryl methyl sites for hydroxylation is 3. The number of hydrogen-bond acceptors (Lipinski definition) is 1. The summed E-state index contributed by atoms with van der Waals surface area (Å²) in [5, 5.41) is 0. The van der Waals surface area contributed by atoms with Gasteiger partial charge in [0.1, 0.15) is 0 Å². The Hall–Kier alpha value is -2.09. The van der Waals surface area contributed by atoms with Crippen molar-refractivity contribution >= 4 is 11.6 Å². The first-order chi connectivity index (χ1) is 9.58. The van der Waals surface area contributed by atoms with Crippen LogP contribution in [0.3, 0.4) is 0 Å². The topological polar surface area (TPSA) is 20.3 Å². The van der Waals surface area contributed by atoms with Crippen LogP contribution in [0.5, 0.6) is 0 Å². The molecule has 2 heteroatoms. The lowest BCUT2D eigenvalue weighted by Crippen LogP contribution is -2.29. The van der Waals surface area contributed by atoms with Gasteiger partial charge < -0.3 is 4.90 Å². The van der Waals surface area contributed by atoms with Gasteiger partial charge in [-0.2, -0.15) is 0 Å². The highest BCUT2D eigenvalue weighted by Gasteiger charge is 2.26. The summed E-state index contributed by atoms with van der Waals surface area (Å²) in [5.41, 5.74) is 6.62. The number of rotatable bonds is 1. The molecule has 0 saturated heterocycles. The average molecular weight is 265 g/mol. The van der Waals surface area contributed by atoms with Crippen molar-refractivity contribution in [1.29, 1.82) is 0 Å². The standard InChI is InChI=1S/C18H19NO/c1-12-10-14(3)16(11-13(12)2)18(20)19-9-8-15-6-4-5-7-17(15)19/h4-7,10-11H,8-9H2,1-3H3.